The number of aliphatic imine (C=N–C) groups is 1. The van der Waals surface area contributed by atoms with Crippen molar-refractivity contribution < 1.29 is 4.42 Å². The molecule has 2 rings (SSSR count). The molecule has 5 heteroatoms. The molecule has 4 nitrogen and oxygen atoms in total. The number of para-hydroxylation sites is 1. The molecule has 2 aromatic rings. The summed E-state index contributed by atoms with van der Waals surface area (Å²) in [5.41, 5.74) is 8.94. The minimum Gasteiger partial charge on any atom is -0.461 e. The van der Waals surface area contributed by atoms with Crippen molar-refractivity contribution in [3.05, 3.63) is 47.7 Å². The molecule has 0 aliphatic heterocycles. The predicted octanol–water partition coefficient (Wildman–Crippen LogP) is 3.38. The third-order valence-electron chi connectivity index (χ3n) is 3.10. The highest BCUT2D eigenvalue weighted by Crippen LogP contribution is 2.25. The number of nitrogens with zero attached hydrogens (tertiary/aromatic N) is 1. The first-order valence-electron chi connectivity index (χ1n) is 6.73. The Kier molecular flexibility index (Phi) is 6.74. The van der Waals surface area contributed by atoms with E-state index in [1.165, 1.54) is 10.9 Å². The zero-order valence-corrected chi connectivity index (χ0v) is 14.8. The van der Waals surface area contributed by atoms with Crippen LogP contribution in [-0.4, -0.2) is 19.0 Å². The van der Waals surface area contributed by atoms with E-state index in [-0.39, 0.29) is 24.0 Å². The van der Waals surface area contributed by atoms with E-state index in [1.54, 1.807) is 0 Å². The van der Waals surface area contributed by atoms with Crippen LogP contribution in [-0.2, 0) is 6.42 Å². The summed E-state index contributed by atoms with van der Waals surface area (Å²) < 4.78 is 5.73. The lowest BCUT2D eigenvalue weighted by Gasteiger charge is -2.05. The number of hydrogen-bond donors (Lipinski definition) is 2. The van der Waals surface area contributed by atoms with Gasteiger partial charge in [-0.15, -0.1) is 24.0 Å². The number of hydrogen-bond acceptors (Lipinski definition) is 2. The number of rotatable bonds is 5. The lowest BCUT2D eigenvalue weighted by molar-refractivity contribution is 0.571. The zero-order chi connectivity index (χ0) is 14.5. The van der Waals surface area contributed by atoms with Crippen LogP contribution in [0.3, 0.4) is 0 Å². The van der Waals surface area contributed by atoms with Gasteiger partial charge < -0.3 is 15.5 Å². The smallest absolute Gasteiger partial charge is 0.188 e. The van der Waals surface area contributed by atoms with Crippen molar-refractivity contribution in [3.8, 4) is 0 Å². The molecular weight excluding hydrogens is 377 g/mol. The molecule has 0 saturated heterocycles. The predicted molar refractivity (Wildman–Crippen MR) is 99.4 cm³/mol. The molecule has 114 valence electrons. The minimum atomic E-state index is 0. The van der Waals surface area contributed by atoms with Crippen LogP contribution >= 0.6 is 24.0 Å². The molecule has 21 heavy (non-hydrogen) atoms. The van der Waals surface area contributed by atoms with Crippen LogP contribution in [0.15, 0.2) is 45.8 Å². The highest BCUT2D eigenvalue weighted by Gasteiger charge is 2.09. The average Bonchev–Trinajstić information content (AvgIpc) is 2.73. The summed E-state index contributed by atoms with van der Waals surface area (Å²) >= 11 is 0. The molecule has 1 heterocycles. The Bertz CT molecular complexity index is 646. The molecule has 3 N–H and O–H groups in total. The molecular formula is C16H22IN3O. The van der Waals surface area contributed by atoms with Gasteiger partial charge in [0.1, 0.15) is 11.3 Å². The third kappa shape index (κ3) is 4.77. The maximum absolute atomic E-state index is 5.79. The maximum Gasteiger partial charge on any atom is 0.188 e. The molecule has 0 aliphatic rings. The highest BCUT2D eigenvalue weighted by molar-refractivity contribution is 14.0. The van der Waals surface area contributed by atoms with E-state index in [1.807, 2.05) is 32.0 Å². The lowest BCUT2D eigenvalue weighted by atomic mass is 10.1. The molecule has 0 saturated carbocycles. The van der Waals surface area contributed by atoms with E-state index in [0.29, 0.717) is 12.5 Å². The molecule has 1 aromatic heterocycles. The maximum atomic E-state index is 5.79. The Morgan fingerprint density at radius 3 is 2.81 bits per heavy atom. The fourth-order valence-electron chi connectivity index (χ4n) is 2.12. The highest BCUT2D eigenvalue weighted by atomic mass is 127. The van der Waals surface area contributed by atoms with Crippen molar-refractivity contribution in [3.63, 3.8) is 0 Å². The van der Waals surface area contributed by atoms with Gasteiger partial charge in [-0.05, 0) is 26.3 Å². The second-order valence-corrected chi connectivity index (χ2v) is 4.97. The van der Waals surface area contributed by atoms with E-state index in [2.05, 4.69) is 23.0 Å². The number of nitrogens with two attached hydrogens (primary N) is 1. The van der Waals surface area contributed by atoms with Crippen molar-refractivity contribution in [2.45, 2.75) is 20.3 Å². The molecule has 1 aromatic carbocycles. The second kappa shape index (κ2) is 8.07. The SMILES string of the molecule is C=C(C)CN=C(N)NCCc1c(C)oc2ccccc12.I. The first kappa shape index (κ1) is 17.6. The first-order valence-corrected chi connectivity index (χ1v) is 6.73. The van der Waals surface area contributed by atoms with Gasteiger partial charge in [0.15, 0.2) is 5.96 Å². The van der Waals surface area contributed by atoms with Crippen molar-refractivity contribution in [2.24, 2.45) is 10.7 Å². The summed E-state index contributed by atoms with van der Waals surface area (Å²) in [5, 5.41) is 4.28. The molecule has 0 spiro atoms. The quantitative estimate of drug-likeness (QED) is 0.351. The van der Waals surface area contributed by atoms with Crippen LogP contribution in [0.25, 0.3) is 11.0 Å². The van der Waals surface area contributed by atoms with Gasteiger partial charge >= 0.3 is 0 Å². The van der Waals surface area contributed by atoms with Gasteiger partial charge in [-0.25, -0.2) is 4.99 Å². The summed E-state index contributed by atoms with van der Waals surface area (Å²) in [7, 11) is 0. The van der Waals surface area contributed by atoms with Gasteiger partial charge in [0.05, 0.1) is 6.54 Å². The van der Waals surface area contributed by atoms with Gasteiger partial charge in [0.25, 0.3) is 0 Å². The van der Waals surface area contributed by atoms with Crippen LogP contribution in [0.5, 0.6) is 0 Å². The Hall–Kier alpha value is -1.50. The summed E-state index contributed by atoms with van der Waals surface area (Å²) in [4.78, 5) is 4.19. The number of aryl methyl sites for hydroxylation is 1. The van der Waals surface area contributed by atoms with Crippen LogP contribution in [0.2, 0.25) is 0 Å². The summed E-state index contributed by atoms with van der Waals surface area (Å²) in [6.45, 7) is 9.01. The summed E-state index contributed by atoms with van der Waals surface area (Å²) in [5.74, 6) is 1.42. The molecule has 0 amide bonds. The van der Waals surface area contributed by atoms with Crippen molar-refractivity contribution in [1.29, 1.82) is 0 Å². The number of nitrogens with one attached hydrogen (secondary N) is 1. The number of fused-ring (bicyclic) bond motifs is 1. The van der Waals surface area contributed by atoms with Gasteiger partial charge in [0, 0.05) is 17.5 Å². The normalized spacial score (nSPS) is 11.2. The second-order valence-electron chi connectivity index (χ2n) is 4.97. The molecule has 0 aliphatic carbocycles. The number of halogens is 1. The van der Waals surface area contributed by atoms with Gasteiger partial charge in [-0.1, -0.05) is 30.4 Å². The van der Waals surface area contributed by atoms with Gasteiger partial charge in [-0.2, -0.15) is 0 Å². The monoisotopic (exact) mass is 399 g/mol. The third-order valence-corrected chi connectivity index (χ3v) is 3.10. The number of furan rings is 1. The van der Waals surface area contributed by atoms with Crippen LogP contribution < -0.4 is 11.1 Å². The largest absolute Gasteiger partial charge is 0.461 e. The number of guanidine groups is 1. The van der Waals surface area contributed by atoms with E-state index in [4.69, 9.17) is 10.2 Å². The fraction of sp³-hybridized carbons (Fsp3) is 0.312. The van der Waals surface area contributed by atoms with Crippen LogP contribution in [0.4, 0.5) is 0 Å². The van der Waals surface area contributed by atoms with E-state index in [0.717, 1.165) is 29.9 Å². The average molecular weight is 399 g/mol. The van der Waals surface area contributed by atoms with Crippen molar-refractivity contribution in [2.75, 3.05) is 13.1 Å². The van der Waals surface area contributed by atoms with Gasteiger partial charge in [-0.3, -0.25) is 0 Å². The minimum absolute atomic E-state index is 0. The Morgan fingerprint density at radius 2 is 2.10 bits per heavy atom. The van der Waals surface area contributed by atoms with Crippen LogP contribution in [0.1, 0.15) is 18.2 Å². The first-order chi connectivity index (χ1) is 9.58. The topological polar surface area (TPSA) is 63.5 Å². The van der Waals surface area contributed by atoms with Crippen molar-refractivity contribution >= 4 is 40.9 Å². The molecule has 0 bridgehead atoms. The molecule has 0 unspecified atom stereocenters. The summed E-state index contributed by atoms with van der Waals surface area (Å²) in [6, 6.07) is 8.08. The standard InChI is InChI=1S/C16H21N3O.HI/c1-11(2)10-19-16(17)18-9-8-13-12(3)20-15-7-5-4-6-14(13)15;/h4-7H,1,8-10H2,2-3H3,(H3,17,18,19);1H. The van der Waals surface area contributed by atoms with Gasteiger partial charge in [0.2, 0.25) is 0 Å². The Morgan fingerprint density at radius 1 is 1.38 bits per heavy atom. The Labute approximate surface area is 142 Å². The van der Waals surface area contributed by atoms with E-state index < -0.39 is 0 Å². The number of benzene rings is 1. The fourth-order valence-corrected chi connectivity index (χ4v) is 2.12. The molecule has 0 radical (unpaired) electrons. The molecule has 0 fully saturated rings. The molecule has 0 atom stereocenters. The lowest BCUT2D eigenvalue weighted by Crippen LogP contribution is -2.33. The van der Waals surface area contributed by atoms with E-state index >= 15 is 0 Å². The zero-order valence-electron chi connectivity index (χ0n) is 12.5. The van der Waals surface area contributed by atoms with Crippen LogP contribution in [0, 0.1) is 6.92 Å². The Balaban J connectivity index is 0.00000220. The van der Waals surface area contributed by atoms with Crippen molar-refractivity contribution in [1.82, 2.24) is 5.32 Å². The van der Waals surface area contributed by atoms with E-state index in [9.17, 15) is 0 Å². The summed E-state index contributed by atoms with van der Waals surface area (Å²) in [6.07, 6.45) is 0.853.